The van der Waals surface area contributed by atoms with Crippen LogP contribution in [0.2, 0.25) is 0 Å². The molecule has 0 bridgehead atoms. The van der Waals surface area contributed by atoms with Crippen LogP contribution in [0.25, 0.3) is 0 Å². The van der Waals surface area contributed by atoms with Crippen LogP contribution in [0.5, 0.6) is 5.75 Å². The zero-order valence-corrected chi connectivity index (χ0v) is 10.3. The molecule has 1 aliphatic heterocycles. The smallest absolute Gasteiger partial charge is 0.254 e. The average Bonchev–Trinajstić information content (AvgIpc) is 2.91. The Labute approximate surface area is 102 Å². The molecule has 1 fully saturated rings. The molecular weight excluding hydrogens is 216 g/mol. The Morgan fingerprint density at radius 2 is 2.06 bits per heavy atom. The van der Waals surface area contributed by atoms with E-state index in [1.807, 2.05) is 18.2 Å². The molecule has 1 aromatic carbocycles. The standard InChI is InChI=1S/C13H18N2O2/c1-14-13(16)11-9-10(5-6-12(11)17-2)15-7-3-4-8-15/h5-6,9H,3-4,7-8H2,1-2H3,(H,14,16). The van der Waals surface area contributed by atoms with Crippen LogP contribution in [0.3, 0.4) is 0 Å². The highest BCUT2D eigenvalue weighted by molar-refractivity contribution is 5.97. The Balaban J connectivity index is 2.33. The summed E-state index contributed by atoms with van der Waals surface area (Å²) in [6.07, 6.45) is 2.45. The van der Waals surface area contributed by atoms with Crippen molar-refractivity contribution in [1.29, 1.82) is 0 Å². The third-order valence-electron chi connectivity index (χ3n) is 3.13. The second-order valence-electron chi connectivity index (χ2n) is 4.16. The summed E-state index contributed by atoms with van der Waals surface area (Å²) in [6.45, 7) is 2.14. The first-order valence-electron chi connectivity index (χ1n) is 5.91. The van der Waals surface area contributed by atoms with Crippen molar-refractivity contribution in [2.45, 2.75) is 12.8 Å². The molecule has 17 heavy (non-hydrogen) atoms. The minimum atomic E-state index is -0.108. The lowest BCUT2D eigenvalue weighted by Crippen LogP contribution is -2.21. The molecule has 1 aliphatic rings. The lowest BCUT2D eigenvalue weighted by Gasteiger charge is -2.19. The number of benzene rings is 1. The van der Waals surface area contributed by atoms with Gasteiger partial charge in [0.1, 0.15) is 5.75 Å². The maximum atomic E-state index is 11.8. The molecule has 1 amide bonds. The van der Waals surface area contributed by atoms with E-state index in [-0.39, 0.29) is 5.91 Å². The monoisotopic (exact) mass is 234 g/mol. The molecule has 2 rings (SSSR count). The van der Waals surface area contributed by atoms with Crippen molar-refractivity contribution in [2.24, 2.45) is 0 Å². The fraction of sp³-hybridized carbons (Fsp3) is 0.462. The maximum Gasteiger partial charge on any atom is 0.254 e. The molecule has 4 heteroatoms. The largest absolute Gasteiger partial charge is 0.496 e. The molecule has 1 N–H and O–H groups in total. The van der Waals surface area contributed by atoms with Gasteiger partial charge in [0, 0.05) is 25.8 Å². The van der Waals surface area contributed by atoms with Gasteiger partial charge in [-0.3, -0.25) is 4.79 Å². The molecule has 0 aliphatic carbocycles. The minimum absolute atomic E-state index is 0.108. The molecule has 0 spiro atoms. The van der Waals surface area contributed by atoms with Crippen molar-refractivity contribution in [1.82, 2.24) is 5.32 Å². The first-order chi connectivity index (χ1) is 8.26. The molecule has 4 nitrogen and oxygen atoms in total. The first-order valence-corrected chi connectivity index (χ1v) is 5.91. The van der Waals surface area contributed by atoms with Crippen LogP contribution in [-0.2, 0) is 0 Å². The van der Waals surface area contributed by atoms with Gasteiger partial charge in [0.2, 0.25) is 0 Å². The van der Waals surface area contributed by atoms with E-state index in [0.29, 0.717) is 11.3 Å². The lowest BCUT2D eigenvalue weighted by atomic mass is 10.1. The van der Waals surface area contributed by atoms with Crippen molar-refractivity contribution in [3.63, 3.8) is 0 Å². The van der Waals surface area contributed by atoms with E-state index in [9.17, 15) is 4.79 Å². The third kappa shape index (κ3) is 2.35. The third-order valence-corrected chi connectivity index (χ3v) is 3.13. The molecule has 92 valence electrons. The second kappa shape index (κ2) is 5.08. The van der Waals surface area contributed by atoms with Crippen LogP contribution < -0.4 is 15.0 Å². The van der Waals surface area contributed by atoms with E-state index in [2.05, 4.69) is 10.2 Å². The van der Waals surface area contributed by atoms with Crippen LogP contribution in [0.1, 0.15) is 23.2 Å². The fourth-order valence-corrected chi connectivity index (χ4v) is 2.18. The predicted octanol–water partition coefficient (Wildman–Crippen LogP) is 1.66. The highest BCUT2D eigenvalue weighted by Crippen LogP contribution is 2.27. The van der Waals surface area contributed by atoms with Crippen LogP contribution in [0, 0.1) is 0 Å². The Hall–Kier alpha value is -1.71. The van der Waals surface area contributed by atoms with Crippen molar-refractivity contribution >= 4 is 11.6 Å². The summed E-state index contributed by atoms with van der Waals surface area (Å²) in [5, 5.41) is 2.64. The Kier molecular flexibility index (Phi) is 3.52. The molecular formula is C13H18N2O2. The quantitative estimate of drug-likeness (QED) is 0.864. The number of rotatable bonds is 3. The van der Waals surface area contributed by atoms with Crippen molar-refractivity contribution in [3.8, 4) is 5.75 Å². The highest BCUT2D eigenvalue weighted by atomic mass is 16.5. The number of carbonyl (C=O) groups excluding carboxylic acids is 1. The molecule has 1 aromatic rings. The summed E-state index contributed by atoms with van der Waals surface area (Å²) in [7, 11) is 3.21. The van der Waals surface area contributed by atoms with Crippen molar-refractivity contribution in [2.75, 3.05) is 32.1 Å². The molecule has 0 unspecified atom stereocenters. The molecule has 1 heterocycles. The van der Waals surface area contributed by atoms with Gasteiger partial charge >= 0.3 is 0 Å². The van der Waals surface area contributed by atoms with Crippen LogP contribution in [0.4, 0.5) is 5.69 Å². The van der Waals surface area contributed by atoms with Crippen LogP contribution in [0.15, 0.2) is 18.2 Å². The SMILES string of the molecule is CNC(=O)c1cc(N2CCCC2)ccc1OC. The summed E-state index contributed by atoms with van der Waals surface area (Å²) in [6, 6.07) is 5.78. The molecule has 0 saturated carbocycles. The summed E-state index contributed by atoms with van der Waals surface area (Å²) in [5.74, 6) is 0.509. The zero-order valence-electron chi connectivity index (χ0n) is 10.3. The van der Waals surface area contributed by atoms with E-state index in [4.69, 9.17) is 4.74 Å². The second-order valence-corrected chi connectivity index (χ2v) is 4.16. The van der Waals surface area contributed by atoms with E-state index in [1.54, 1.807) is 14.2 Å². The van der Waals surface area contributed by atoms with E-state index < -0.39 is 0 Å². The Morgan fingerprint density at radius 1 is 1.35 bits per heavy atom. The molecule has 1 saturated heterocycles. The van der Waals surface area contributed by atoms with Gasteiger partial charge < -0.3 is 15.0 Å². The fourth-order valence-electron chi connectivity index (χ4n) is 2.18. The van der Waals surface area contributed by atoms with Crippen molar-refractivity contribution in [3.05, 3.63) is 23.8 Å². The maximum absolute atomic E-state index is 11.8. The number of nitrogens with one attached hydrogen (secondary N) is 1. The normalized spacial score (nSPS) is 14.8. The highest BCUT2D eigenvalue weighted by Gasteiger charge is 2.16. The van der Waals surface area contributed by atoms with Gasteiger partial charge in [0.25, 0.3) is 5.91 Å². The van der Waals surface area contributed by atoms with Gasteiger partial charge in [0.05, 0.1) is 12.7 Å². The van der Waals surface area contributed by atoms with Crippen molar-refractivity contribution < 1.29 is 9.53 Å². The number of methoxy groups -OCH3 is 1. The number of amides is 1. The van der Waals surface area contributed by atoms with Crippen LogP contribution in [-0.4, -0.2) is 33.2 Å². The zero-order chi connectivity index (χ0) is 12.3. The van der Waals surface area contributed by atoms with Crippen LogP contribution >= 0.6 is 0 Å². The Morgan fingerprint density at radius 3 is 2.65 bits per heavy atom. The average molecular weight is 234 g/mol. The lowest BCUT2D eigenvalue weighted by molar-refractivity contribution is 0.0960. The number of carbonyl (C=O) groups is 1. The minimum Gasteiger partial charge on any atom is -0.496 e. The predicted molar refractivity (Wildman–Crippen MR) is 67.8 cm³/mol. The summed E-state index contributed by atoms with van der Waals surface area (Å²) in [5.41, 5.74) is 1.70. The number of nitrogens with zero attached hydrogens (tertiary/aromatic N) is 1. The van der Waals surface area contributed by atoms with Gasteiger partial charge in [-0.25, -0.2) is 0 Å². The summed E-state index contributed by atoms with van der Waals surface area (Å²) in [4.78, 5) is 14.0. The number of anilines is 1. The molecule has 0 aromatic heterocycles. The van der Waals surface area contributed by atoms with E-state index in [1.165, 1.54) is 12.8 Å². The topological polar surface area (TPSA) is 41.6 Å². The number of hydrogen-bond acceptors (Lipinski definition) is 3. The first kappa shape index (κ1) is 11.8. The number of hydrogen-bond donors (Lipinski definition) is 1. The van der Waals surface area contributed by atoms with Gasteiger partial charge in [-0.1, -0.05) is 0 Å². The van der Waals surface area contributed by atoms with E-state index >= 15 is 0 Å². The summed E-state index contributed by atoms with van der Waals surface area (Å²) < 4.78 is 5.21. The molecule has 0 radical (unpaired) electrons. The Bertz CT molecular complexity index is 412. The molecule has 0 atom stereocenters. The van der Waals surface area contributed by atoms with Gasteiger partial charge in [-0.2, -0.15) is 0 Å². The van der Waals surface area contributed by atoms with E-state index in [0.717, 1.165) is 18.8 Å². The summed E-state index contributed by atoms with van der Waals surface area (Å²) >= 11 is 0. The van der Waals surface area contributed by atoms with Gasteiger partial charge in [-0.15, -0.1) is 0 Å². The van der Waals surface area contributed by atoms with Gasteiger partial charge in [-0.05, 0) is 31.0 Å². The van der Waals surface area contributed by atoms with Gasteiger partial charge in [0.15, 0.2) is 0 Å². The number of ether oxygens (including phenoxy) is 1.